The van der Waals surface area contributed by atoms with E-state index in [1.54, 1.807) is 0 Å². The SMILES string of the molecule is CN(Cc1ccc(N)cc1)Cc1ccccc1C#N. The lowest BCUT2D eigenvalue weighted by molar-refractivity contribution is 0.319. The smallest absolute Gasteiger partial charge is 0.0995 e. The quantitative estimate of drug-likeness (QED) is 0.850. The van der Waals surface area contributed by atoms with Gasteiger partial charge in [-0.25, -0.2) is 0 Å². The van der Waals surface area contributed by atoms with Crippen molar-refractivity contribution in [2.24, 2.45) is 0 Å². The van der Waals surface area contributed by atoms with E-state index in [0.29, 0.717) is 0 Å². The van der Waals surface area contributed by atoms with Crippen molar-refractivity contribution in [1.29, 1.82) is 5.26 Å². The summed E-state index contributed by atoms with van der Waals surface area (Å²) in [6, 6.07) is 17.8. The molecular weight excluding hydrogens is 234 g/mol. The van der Waals surface area contributed by atoms with Crippen LogP contribution in [0.1, 0.15) is 16.7 Å². The topological polar surface area (TPSA) is 53.0 Å². The number of rotatable bonds is 4. The van der Waals surface area contributed by atoms with Crippen molar-refractivity contribution in [3.8, 4) is 6.07 Å². The van der Waals surface area contributed by atoms with E-state index >= 15 is 0 Å². The van der Waals surface area contributed by atoms with E-state index in [2.05, 4.69) is 11.0 Å². The molecule has 0 atom stereocenters. The lowest BCUT2D eigenvalue weighted by Gasteiger charge is -2.17. The predicted octanol–water partition coefficient (Wildman–Crippen LogP) is 2.77. The van der Waals surface area contributed by atoms with Crippen LogP contribution in [-0.2, 0) is 13.1 Å². The summed E-state index contributed by atoms with van der Waals surface area (Å²) in [7, 11) is 2.05. The molecule has 0 radical (unpaired) electrons. The lowest BCUT2D eigenvalue weighted by Crippen LogP contribution is -2.17. The fourth-order valence-electron chi connectivity index (χ4n) is 2.05. The first-order valence-corrected chi connectivity index (χ1v) is 6.20. The minimum absolute atomic E-state index is 0.742. The largest absolute Gasteiger partial charge is 0.399 e. The molecule has 2 rings (SSSR count). The standard InChI is InChI=1S/C16H17N3/c1-19(11-13-6-8-16(18)9-7-13)12-15-5-3-2-4-14(15)10-17/h2-9H,11-12,18H2,1H3. The number of hydrogen-bond donors (Lipinski definition) is 1. The fraction of sp³-hybridized carbons (Fsp3) is 0.188. The average Bonchev–Trinajstić information content (AvgIpc) is 2.42. The zero-order valence-electron chi connectivity index (χ0n) is 11.0. The Kier molecular flexibility index (Phi) is 4.17. The van der Waals surface area contributed by atoms with Gasteiger partial charge >= 0.3 is 0 Å². The highest BCUT2D eigenvalue weighted by Gasteiger charge is 2.05. The second kappa shape index (κ2) is 6.03. The molecule has 0 bridgehead atoms. The Hall–Kier alpha value is -2.31. The summed E-state index contributed by atoms with van der Waals surface area (Å²) in [4.78, 5) is 2.18. The number of nitrogens with two attached hydrogens (primary N) is 1. The first-order chi connectivity index (χ1) is 9.19. The van der Waals surface area contributed by atoms with Crippen LogP contribution in [-0.4, -0.2) is 11.9 Å². The molecule has 0 spiro atoms. The second-order valence-electron chi connectivity index (χ2n) is 4.68. The number of hydrogen-bond acceptors (Lipinski definition) is 3. The third-order valence-corrected chi connectivity index (χ3v) is 3.01. The van der Waals surface area contributed by atoms with Gasteiger partial charge in [-0.2, -0.15) is 5.26 Å². The number of nitriles is 1. The van der Waals surface area contributed by atoms with E-state index in [0.717, 1.165) is 29.9 Å². The molecule has 2 aromatic carbocycles. The van der Waals surface area contributed by atoms with Gasteiger partial charge in [-0.05, 0) is 36.4 Å². The minimum atomic E-state index is 0.742. The molecule has 2 N–H and O–H groups in total. The van der Waals surface area contributed by atoms with Crippen LogP contribution >= 0.6 is 0 Å². The van der Waals surface area contributed by atoms with Crippen molar-refractivity contribution in [3.63, 3.8) is 0 Å². The van der Waals surface area contributed by atoms with Gasteiger partial charge < -0.3 is 5.73 Å². The van der Waals surface area contributed by atoms with Crippen LogP contribution in [0.2, 0.25) is 0 Å². The Balaban J connectivity index is 2.03. The van der Waals surface area contributed by atoms with Gasteiger partial charge in [0.15, 0.2) is 0 Å². The first kappa shape index (κ1) is 13.1. The molecule has 0 saturated carbocycles. The molecule has 96 valence electrons. The molecule has 0 saturated heterocycles. The Labute approximate surface area is 113 Å². The third kappa shape index (κ3) is 3.57. The zero-order chi connectivity index (χ0) is 13.7. The number of anilines is 1. The Morgan fingerprint density at radius 1 is 1.05 bits per heavy atom. The zero-order valence-corrected chi connectivity index (χ0v) is 11.0. The summed E-state index contributed by atoms with van der Waals surface area (Å²) in [6.07, 6.45) is 0. The van der Waals surface area contributed by atoms with Crippen molar-refractivity contribution in [3.05, 3.63) is 65.2 Å². The van der Waals surface area contributed by atoms with Crippen LogP contribution in [0.15, 0.2) is 48.5 Å². The molecular formula is C16H17N3. The van der Waals surface area contributed by atoms with Crippen LogP contribution < -0.4 is 5.73 Å². The maximum Gasteiger partial charge on any atom is 0.0995 e. The summed E-state index contributed by atoms with van der Waals surface area (Å²) in [5.41, 5.74) is 9.46. The molecule has 19 heavy (non-hydrogen) atoms. The van der Waals surface area contributed by atoms with E-state index in [-0.39, 0.29) is 0 Å². The van der Waals surface area contributed by atoms with Gasteiger partial charge in [-0.3, -0.25) is 4.90 Å². The first-order valence-electron chi connectivity index (χ1n) is 6.20. The Morgan fingerprint density at radius 3 is 2.42 bits per heavy atom. The fourth-order valence-corrected chi connectivity index (χ4v) is 2.05. The summed E-state index contributed by atoms with van der Waals surface area (Å²) in [5, 5.41) is 9.07. The maximum atomic E-state index is 9.07. The number of nitrogens with zero attached hydrogens (tertiary/aromatic N) is 2. The van der Waals surface area contributed by atoms with E-state index in [4.69, 9.17) is 11.0 Å². The molecule has 0 amide bonds. The molecule has 3 nitrogen and oxygen atoms in total. The lowest BCUT2D eigenvalue weighted by atomic mass is 10.1. The van der Waals surface area contributed by atoms with Gasteiger partial charge in [0.25, 0.3) is 0 Å². The van der Waals surface area contributed by atoms with Crippen LogP contribution in [0.3, 0.4) is 0 Å². The number of nitrogen functional groups attached to an aromatic ring is 1. The Bertz CT molecular complexity index is 582. The average molecular weight is 251 g/mol. The van der Waals surface area contributed by atoms with Crippen molar-refractivity contribution in [2.75, 3.05) is 12.8 Å². The normalized spacial score (nSPS) is 10.4. The van der Waals surface area contributed by atoms with Gasteiger partial charge in [0.05, 0.1) is 11.6 Å². The second-order valence-corrected chi connectivity index (χ2v) is 4.68. The highest BCUT2D eigenvalue weighted by atomic mass is 15.1. The van der Waals surface area contributed by atoms with Gasteiger partial charge in [0.1, 0.15) is 0 Å². The van der Waals surface area contributed by atoms with Gasteiger partial charge in [0, 0.05) is 18.8 Å². The van der Waals surface area contributed by atoms with Crippen LogP contribution in [0.25, 0.3) is 0 Å². The molecule has 0 unspecified atom stereocenters. The van der Waals surface area contributed by atoms with Crippen LogP contribution in [0.4, 0.5) is 5.69 Å². The maximum absolute atomic E-state index is 9.07. The highest BCUT2D eigenvalue weighted by molar-refractivity contribution is 5.39. The summed E-state index contributed by atoms with van der Waals surface area (Å²) in [6.45, 7) is 1.59. The van der Waals surface area contributed by atoms with Gasteiger partial charge in [0.2, 0.25) is 0 Å². The van der Waals surface area contributed by atoms with E-state index in [1.165, 1.54) is 5.56 Å². The van der Waals surface area contributed by atoms with Crippen LogP contribution in [0.5, 0.6) is 0 Å². The monoisotopic (exact) mass is 251 g/mol. The van der Waals surface area contributed by atoms with Crippen molar-refractivity contribution < 1.29 is 0 Å². The van der Waals surface area contributed by atoms with Gasteiger partial charge in [-0.15, -0.1) is 0 Å². The molecule has 2 aromatic rings. The van der Waals surface area contributed by atoms with Crippen molar-refractivity contribution >= 4 is 5.69 Å². The molecule has 0 aliphatic carbocycles. The summed E-state index contributed by atoms with van der Waals surface area (Å²) >= 11 is 0. The summed E-state index contributed by atoms with van der Waals surface area (Å²) in [5.74, 6) is 0. The molecule has 0 aliphatic rings. The molecule has 0 fully saturated rings. The Morgan fingerprint density at radius 2 is 1.74 bits per heavy atom. The predicted molar refractivity (Wildman–Crippen MR) is 77.2 cm³/mol. The van der Waals surface area contributed by atoms with E-state index in [1.807, 2.05) is 55.6 Å². The minimum Gasteiger partial charge on any atom is -0.399 e. The molecule has 0 aliphatic heterocycles. The number of benzene rings is 2. The molecule has 3 heteroatoms. The summed E-state index contributed by atoms with van der Waals surface area (Å²) < 4.78 is 0. The molecule has 0 aromatic heterocycles. The van der Waals surface area contributed by atoms with Gasteiger partial charge in [-0.1, -0.05) is 30.3 Å². The van der Waals surface area contributed by atoms with Crippen molar-refractivity contribution in [2.45, 2.75) is 13.1 Å². The van der Waals surface area contributed by atoms with Crippen molar-refractivity contribution in [1.82, 2.24) is 4.90 Å². The van der Waals surface area contributed by atoms with E-state index < -0.39 is 0 Å². The highest BCUT2D eigenvalue weighted by Crippen LogP contribution is 2.13. The van der Waals surface area contributed by atoms with Crippen LogP contribution in [0, 0.1) is 11.3 Å². The molecule has 0 heterocycles. The third-order valence-electron chi connectivity index (χ3n) is 3.01. The van der Waals surface area contributed by atoms with E-state index in [9.17, 15) is 0 Å².